The molecule has 2 aromatic rings. The van der Waals surface area contributed by atoms with E-state index >= 15 is 0 Å². The number of imide groups is 1. The third kappa shape index (κ3) is 3.63. The largest absolute Gasteiger partial charge is 0.416 e. The molecular formula is C15H11F3N2O2. The quantitative estimate of drug-likeness (QED) is 0.662. The number of nitrogens with one attached hydrogen (secondary N) is 1. The molecule has 3 N–H and O–H groups in total. The summed E-state index contributed by atoms with van der Waals surface area (Å²) in [5.41, 5.74) is 4.77. The summed E-state index contributed by atoms with van der Waals surface area (Å²) in [5.74, 6) is -1.66. The van der Waals surface area contributed by atoms with Crippen molar-refractivity contribution in [2.45, 2.75) is 6.18 Å². The second-order valence-electron chi connectivity index (χ2n) is 4.49. The van der Waals surface area contributed by atoms with Crippen LogP contribution in [-0.4, -0.2) is 11.8 Å². The molecule has 0 bridgehead atoms. The molecule has 0 atom stereocenters. The van der Waals surface area contributed by atoms with E-state index in [1.807, 2.05) is 5.32 Å². The fourth-order valence-corrected chi connectivity index (χ4v) is 1.76. The summed E-state index contributed by atoms with van der Waals surface area (Å²) in [5, 5.41) is 2.02. The minimum Gasteiger partial charge on any atom is -0.399 e. The number of hydrogen-bond donors (Lipinski definition) is 2. The van der Waals surface area contributed by atoms with Crippen LogP contribution in [0.5, 0.6) is 0 Å². The van der Waals surface area contributed by atoms with E-state index in [0.29, 0.717) is 11.8 Å². The van der Waals surface area contributed by atoms with Crippen LogP contribution in [0.2, 0.25) is 0 Å². The third-order valence-corrected chi connectivity index (χ3v) is 2.83. The normalized spacial score (nSPS) is 11.0. The van der Waals surface area contributed by atoms with Crippen molar-refractivity contribution in [2.75, 3.05) is 5.73 Å². The van der Waals surface area contributed by atoms with E-state index in [1.54, 1.807) is 6.07 Å². The Morgan fingerprint density at radius 3 is 2.00 bits per heavy atom. The summed E-state index contributed by atoms with van der Waals surface area (Å²) in [6, 6.07) is 9.70. The minimum atomic E-state index is -4.56. The monoisotopic (exact) mass is 308 g/mol. The molecule has 0 saturated heterocycles. The summed E-state index contributed by atoms with van der Waals surface area (Å²) in [7, 11) is 0. The molecule has 0 fully saturated rings. The molecule has 0 radical (unpaired) electrons. The molecule has 0 aliphatic carbocycles. The van der Waals surface area contributed by atoms with Crippen LogP contribution in [0.25, 0.3) is 0 Å². The lowest BCUT2D eigenvalue weighted by Crippen LogP contribution is -2.30. The van der Waals surface area contributed by atoms with Gasteiger partial charge in [-0.25, -0.2) is 0 Å². The molecule has 22 heavy (non-hydrogen) atoms. The molecule has 7 heteroatoms. The molecule has 0 aliphatic rings. The molecule has 0 heterocycles. The highest BCUT2D eigenvalue weighted by Gasteiger charge is 2.31. The minimum absolute atomic E-state index is 0.139. The first kappa shape index (κ1) is 15.6. The smallest absolute Gasteiger partial charge is 0.399 e. The van der Waals surface area contributed by atoms with Gasteiger partial charge in [0, 0.05) is 16.8 Å². The number of nitrogen functional groups attached to an aromatic ring is 1. The molecule has 4 nitrogen and oxygen atoms in total. The topological polar surface area (TPSA) is 72.2 Å². The number of hydrogen-bond acceptors (Lipinski definition) is 3. The number of nitrogens with two attached hydrogens (primary N) is 1. The zero-order chi connectivity index (χ0) is 16.3. The second-order valence-corrected chi connectivity index (χ2v) is 4.49. The second kappa shape index (κ2) is 5.88. The Hall–Kier alpha value is -2.83. The zero-order valence-corrected chi connectivity index (χ0v) is 11.1. The van der Waals surface area contributed by atoms with Crippen molar-refractivity contribution in [1.82, 2.24) is 5.32 Å². The summed E-state index contributed by atoms with van der Waals surface area (Å²) in [4.78, 5) is 23.7. The maximum Gasteiger partial charge on any atom is 0.416 e. The number of carbonyl (C=O) groups is 2. The SMILES string of the molecule is Nc1cccc(C(=O)NC(=O)c2cccc(C(F)(F)F)c2)c1. The number of rotatable bonds is 2. The van der Waals surface area contributed by atoms with Crippen LogP contribution >= 0.6 is 0 Å². The molecule has 0 spiro atoms. The molecule has 0 aromatic heterocycles. The first-order valence-electron chi connectivity index (χ1n) is 6.16. The molecule has 114 valence electrons. The van der Waals surface area contributed by atoms with Crippen molar-refractivity contribution in [2.24, 2.45) is 0 Å². The summed E-state index contributed by atoms with van der Waals surface area (Å²) >= 11 is 0. The Morgan fingerprint density at radius 1 is 0.909 bits per heavy atom. The molecular weight excluding hydrogens is 297 g/mol. The maximum absolute atomic E-state index is 12.6. The zero-order valence-electron chi connectivity index (χ0n) is 11.1. The standard InChI is InChI=1S/C15H11F3N2O2/c16-15(17,18)11-5-1-3-9(7-11)13(21)20-14(22)10-4-2-6-12(19)8-10/h1-8H,19H2,(H,20,21,22). The van der Waals surface area contributed by atoms with Gasteiger partial charge >= 0.3 is 6.18 Å². The van der Waals surface area contributed by atoms with Crippen LogP contribution in [0.3, 0.4) is 0 Å². The highest BCUT2D eigenvalue weighted by atomic mass is 19.4. The van der Waals surface area contributed by atoms with Gasteiger partial charge in [0.25, 0.3) is 11.8 Å². The van der Waals surface area contributed by atoms with Crippen LogP contribution < -0.4 is 11.1 Å². The number of carbonyl (C=O) groups excluding carboxylic acids is 2. The predicted octanol–water partition coefficient (Wildman–Crippen LogP) is 2.86. The number of alkyl halides is 3. The van der Waals surface area contributed by atoms with Gasteiger partial charge in [-0.1, -0.05) is 12.1 Å². The van der Waals surface area contributed by atoms with E-state index < -0.39 is 23.6 Å². The Balaban J connectivity index is 2.17. The van der Waals surface area contributed by atoms with Crippen LogP contribution in [0.15, 0.2) is 48.5 Å². The lowest BCUT2D eigenvalue weighted by molar-refractivity contribution is -0.137. The van der Waals surface area contributed by atoms with E-state index in [2.05, 4.69) is 0 Å². The molecule has 2 amide bonds. The average Bonchev–Trinajstić information content (AvgIpc) is 2.46. The van der Waals surface area contributed by atoms with E-state index in [4.69, 9.17) is 5.73 Å². The fourth-order valence-electron chi connectivity index (χ4n) is 1.76. The van der Waals surface area contributed by atoms with Crippen molar-refractivity contribution in [3.8, 4) is 0 Å². The molecule has 2 rings (SSSR count). The first-order chi connectivity index (χ1) is 10.3. The lowest BCUT2D eigenvalue weighted by Gasteiger charge is -2.09. The van der Waals surface area contributed by atoms with Crippen LogP contribution in [0.1, 0.15) is 26.3 Å². The Labute approximate surface area is 123 Å². The first-order valence-corrected chi connectivity index (χ1v) is 6.16. The molecule has 2 aromatic carbocycles. The van der Waals surface area contributed by atoms with Crippen molar-refractivity contribution >= 4 is 17.5 Å². The molecule has 0 saturated carbocycles. The maximum atomic E-state index is 12.6. The van der Waals surface area contributed by atoms with Crippen molar-refractivity contribution < 1.29 is 22.8 Å². The Morgan fingerprint density at radius 2 is 1.45 bits per heavy atom. The summed E-state index contributed by atoms with van der Waals surface area (Å²) in [6.45, 7) is 0. The third-order valence-electron chi connectivity index (χ3n) is 2.83. The van der Waals surface area contributed by atoms with Crippen LogP contribution in [-0.2, 0) is 6.18 Å². The van der Waals surface area contributed by atoms with Gasteiger partial charge in [0.2, 0.25) is 0 Å². The highest BCUT2D eigenvalue weighted by Crippen LogP contribution is 2.29. The lowest BCUT2D eigenvalue weighted by atomic mass is 10.1. The molecule has 0 unspecified atom stereocenters. The van der Waals surface area contributed by atoms with Gasteiger partial charge < -0.3 is 5.73 Å². The van der Waals surface area contributed by atoms with Crippen molar-refractivity contribution in [3.63, 3.8) is 0 Å². The van der Waals surface area contributed by atoms with Crippen molar-refractivity contribution in [1.29, 1.82) is 0 Å². The highest BCUT2D eigenvalue weighted by molar-refractivity contribution is 6.10. The number of benzene rings is 2. The van der Waals surface area contributed by atoms with Crippen LogP contribution in [0.4, 0.5) is 18.9 Å². The van der Waals surface area contributed by atoms with Gasteiger partial charge in [-0.05, 0) is 36.4 Å². The van der Waals surface area contributed by atoms with Gasteiger partial charge in [0.1, 0.15) is 0 Å². The molecule has 0 aliphatic heterocycles. The number of halogens is 3. The number of amides is 2. The van der Waals surface area contributed by atoms with E-state index in [-0.39, 0.29) is 11.1 Å². The average molecular weight is 308 g/mol. The van der Waals surface area contributed by atoms with Gasteiger partial charge in [0.05, 0.1) is 5.56 Å². The van der Waals surface area contributed by atoms with Crippen molar-refractivity contribution in [3.05, 3.63) is 65.2 Å². The Bertz CT molecular complexity index is 727. The van der Waals surface area contributed by atoms with Gasteiger partial charge in [-0.2, -0.15) is 13.2 Å². The van der Waals surface area contributed by atoms with E-state index in [0.717, 1.165) is 12.1 Å². The van der Waals surface area contributed by atoms with Gasteiger partial charge in [-0.3, -0.25) is 14.9 Å². The number of anilines is 1. The Kier molecular flexibility index (Phi) is 4.16. The van der Waals surface area contributed by atoms with E-state index in [9.17, 15) is 22.8 Å². The van der Waals surface area contributed by atoms with E-state index in [1.165, 1.54) is 24.3 Å². The fraction of sp³-hybridized carbons (Fsp3) is 0.0667. The summed E-state index contributed by atoms with van der Waals surface area (Å²) in [6.07, 6.45) is -4.56. The van der Waals surface area contributed by atoms with Gasteiger partial charge in [-0.15, -0.1) is 0 Å². The van der Waals surface area contributed by atoms with Crippen LogP contribution in [0, 0.1) is 0 Å². The summed E-state index contributed by atoms with van der Waals surface area (Å²) < 4.78 is 37.8. The van der Waals surface area contributed by atoms with Gasteiger partial charge in [0.15, 0.2) is 0 Å². The predicted molar refractivity (Wildman–Crippen MR) is 74.1 cm³/mol.